The van der Waals surface area contributed by atoms with E-state index in [4.69, 9.17) is 9.84 Å². The van der Waals surface area contributed by atoms with Gasteiger partial charge in [0.15, 0.2) is 0 Å². The van der Waals surface area contributed by atoms with Gasteiger partial charge in [0, 0.05) is 12.5 Å². The molecule has 15 heavy (non-hydrogen) atoms. The van der Waals surface area contributed by atoms with E-state index in [0.29, 0.717) is 5.92 Å². The van der Waals surface area contributed by atoms with Crippen LogP contribution in [0.5, 0.6) is 5.75 Å². The number of methoxy groups -OCH3 is 1. The van der Waals surface area contributed by atoms with Crippen molar-refractivity contribution in [1.29, 1.82) is 0 Å². The standard InChI is InChI=1S/C13H20O2/c1-9(2)11-5-6-12(10(3)8-14)13(7-11)15-4/h5-7,9-10,14H,8H2,1-4H3. The molecule has 1 aromatic rings. The minimum atomic E-state index is 0.126. The van der Waals surface area contributed by atoms with Gasteiger partial charge in [-0.05, 0) is 23.1 Å². The molecule has 1 unspecified atom stereocenters. The highest BCUT2D eigenvalue weighted by Crippen LogP contribution is 2.29. The van der Waals surface area contributed by atoms with Gasteiger partial charge in [-0.2, -0.15) is 0 Å². The Balaban J connectivity index is 3.09. The van der Waals surface area contributed by atoms with Crippen molar-refractivity contribution in [3.05, 3.63) is 29.3 Å². The van der Waals surface area contributed by atoms with Crippen LogP contribution in [0.1, 0.15) is 43.7 Å². The summed E-state index contributed by atoms with van der Waals surface area (Å²) in [5.41, 5.74) is 2.34. The van der Waals surface area contributed by atoms with Gasteiger partial charge in [0.2, 0.25) is 0 Å². The molecule has 0 saturated heterocycles. The highest BCUT2D eigenvalue weighted by atomic mass is 16.5. The van der Waals surface area contributed by atoms with Crippen LogP contribution in [-0.4, -0.2) is 18.8 Å². The highest BCUT2D eigenvalue weighted by Gasteiger charge is 2.11. The van der Waals surface area contributed by atoms with Crippen molar-refractivity contribution in [2.45, 2.75) is 32.6 Å². The van der Waals surface area contributed by atoms with E-state index >= 15 is 0 Å². The summed E-state index contributed by atoms with van der Waals surface area (Å²) in [4.78, 5) is 0. The van der Waals surface area contributed by atoms with Crippen LogP contribution in [0.4, 0.5) is 0 Å². The Labute approximate surface area is 91.9 Å². The summed E-state index contributed by atoms with van der Waals surface area (Å²) in [5.74, 6) is 1.50. The summed E-state index contributed by atoms with van der Waals surface area (Å²) >= 11 is 0. The van der Waals surface area contributed by atoms with E-state index in [1.54, 1.807) is 7.11 Å². The average Bonchev–Trinajstić information content (AvgIpc) is 2.27. The largest absolute Gasteiger partial charge is 0.496 e. The Morgan fingerprint density at radius 2 is 1.93 bits per heavy atom. The van der Waals surface area contributed by atoms with Crippen LogP contribution in [0, 0.1) is 0 Å². The molecule has 1 atom stereocenters. The molecular weight excluding hydrogens is 188 g/mol. The highest BCUT2D eigenvalue weighted by molar-refractivity contribution is 5.40. The van der Waals surface area contributed by atoms with Crippen molar-refractivity contribution in [3.63, 3.8) is 0 Å². The van der Waals surface area contributed by atoms with Gasteiger partial charge in [-0.15, -0.1) is 0 Å². The lowest BCUT2D eigenvalue weighted by molar-refractivity contribution is 0.269. The molecule has 84 valence electrons. The number of aliphatic hydroxyl groups is 1. The van der Waals surface area contributed by atoms with Crippen LogP contribution >= 0.6 is 0 Å². The molecule has 0 bridgehead atoms. The first kappa shape index (κ1) is 12.1. The van der Waals surface area contributed by atoms with Crippen LogP contribution < -0.4 is 4.74 Å². The van der Waals surface area contributed by atoms with E-state index in [0.717, 1.165) is 11.3 Å². The van der Waals surface area contributed by atoms with Gasteiger partial charge in [0.05, 0.1) is 7.11 Å². The second-order valence-electron chi connectivity index (χ2n) is 4.24. The fourth-order valence-electron chi connectivity index (χ4n) is 1.59. The molecule has 1 rings (SSSR count). The maximum Gasteiger partial charge on any atom is 0.122 e. The molecule has 2 heteroatoms. The second-order valence-corrected chi connectivity index (χ2v) is 4.24. The van der Waals surface area contributed by atoms with Crippen molar-refractivity contribution < 1.29 is 9.84 Å². The summed E-state index contributed by atoms with van der Waals surface area (Å²) in [6, 6.07) is 6.22. The molecule has 0 fully saturated rings. The van der Waals surface area contributed by atoms with Gasteiger partial charge < -0.3 is 9.84 Å². The summed E-state index contributed by atoms with van der Waals surface area (Å²) in [7, 11) is 1.67. The SMILES string of the molecule is COc1cc(C(C)C)ccc1C(C)CO. The van der Waals surface area contributed by atoms with Crippen LogP contribution in [-0.2, 0) is 0 Å². The smallest absolute Gasteiger partial charge is 0.122 e. The summed E-state index contributed by atoms with van der Waals surface area (Å²) in [5, 5.41) is 9.13. The van der Waals surface area contributed by atoms with E-state index in [9.17, 15) is 0 Å². The predicted octanol–water partition coefficient (Wildman–Crippen LogP) is 2.91. The third-order valence-electron chi connectivity index (χ3n) is 2.73. The normalized spacial score (nSPS) is 12.9. The van der Waals surface area contributed by atoms with Gasteiger partial charge in [-0.3, -0.25) is 0 Å². The van der Waals surface area contributed by atoms with Crippen LogP contribution in [0.3, 0.4) is 0 Å². The average molecular weight is 208 g/mol. The molecule has 2 nitrogen and oxygen atoms in total. The fourth-order valence-corrected chi connectivity index (χ4v) is 1.59. The van der Waals surface area contributed by atoms with Crippen molar-refractivity contribution in [3.8, 4) is 5.75 Å². The number of benzene rings is 1. The van der Waals surface area contributed by atoms with E-state index in [1.165, 1.54) is 5.56 Å². The predicted molar refractivity (Wildman–Crippen MR) is 62.6 cm³/mol. The lowest BCUT2D eigenvalue weighted by Crippen LogP contribution is -2.02. The Bertz CT molecular complexity index is 318. The molecule has 0 amide bonds. The minimum absolute atomic E-state index is 0.126. The molecule has 0 aliphatic heterocycles. The maximum absolute atomic E-state index is 9.13. The van der Waals surface area contributed by atoms with Crippen molar-refractivity contribution in [2.75, 3.05) is 13.7 Å². The first-order valence-corrected chi connectivity index (χ1v) is 5.38. The van der Waals surface area contributed by atoms with E-state index in [2.05, 4.69) is 32.0 Å². The van der Waals surface area contributed by atoms with Crippen LogP contribution in [0.15, 0.2) is 18.2 Å². The zero-order valence-corrected chi connectivity index (χ0v) is 9.95. The van der Waals surface area contributed by atoms with Gasteiger partial charge in [-0.1, -0.05) is 32.9 Å². The zero-order chi connectivity index (χ0) is 11.4. The van der Waals surface area contributed by atoms with Crippen molar-refractivity contribution in [2.24, 2.45) is 0 Å². The van der Waals surface area contributed by atoms with E-state index in [-0.39, 0.29) is 12.5 Å². The molecule has 0 spiro atoms. The molecular formula is C13H20O2. The number of ether oxygens (including phenoxy) is 1. The monoisotopic (exact) mass is 208 g/mol. The van der Waals surface area contributed by atoms with Gasteiger partial charge in [-0.25, -0.2) is 0 Å². The fraction of sp³-hybridized carbons (Fsp3) is 0.538. The zero-order valence-electron chi connectivity index (χ0n) is 9.95. The number of hydrogen-bond acceptors (Lipinski definition) is 2. The van der Waals surface area contributed by atoms with E-state index < -0.39 is 0 Å². The Morgan fingerprint density at radius 3 is 2.40 bits per heavy atom. The second kappa shape index (κ2) is 5.17. The lowest BCUT2D eigenvalue weighted by Gasteiger charge is -2.16. The Morgan fingerprint density at radius 1 is 1.27 bits per heavy atom. The maximum atomic E-state index is 9.13. The molecule has 0 radical (unpaired) electrons. The first-order valence-electron chi connectivity index (χ1n) is 5.38. The van der Waals surface area contributed by atoms with Crippen LogP contribution in [0.2, 0.25) is 0 Å². The molecule has 0 heterocycles. The topological polar surface area (TPSA) is 29.5 Å². The number of hydrogen-bond donors (Lipinski definition) is 1. The molecule has 1 N–H and O–H groups in total. The number of rotatable bonds is 4. The van der Waals surface area contributed by atoms with Crippen molar-refractivity contribution >= 4 is 0 Å². The quantitative estimate of drug-likeness (QED) is 0.824. The molecule has 1 aromatic carbocycles. The van der Waals surface area contributed by atoms with Gasteiger partial charge in [0.25, 0.3) is 0 Å². The third kappa shape index (κ3) is 2.72. The molecule has 0 aliphatic carbocycles. The first-order chi connectivity index (χ1) is 7.10. The summed E-state index contributed by atoms with van der Waals surface area (Å²) in [6.45, 7) is 6.46. The summed E-state index contributed by atoms with van der Waals surface area (Å²) in [6.07, 6.45) is 0. The van der Waals surface area contributed by atoms with Crippen molar-refractivity contribution in [1.82, 2.24) is 0 Å². The third-order valence-corrected chi connectivity index (χ3v) is 2.73. The van der Waals surface area contributed by atoms with Gasteiger partial charge >= 0.3 is 0 Å². The number of aliphatic hydroxyl groups excluding tert-OH is 1. The lowest BCUT2D eigenvalue weighted by atomic mass is 9.95. The summed E-state index contributed by atoms with van der Waals surface area (Å²) < 4.78 is 5.35. The molecule has 0 aromatic heterocycles. The Kier molecular flexibility index (Phi) is 4.15. The molecule has 0 aliphatic rings. The van der Waals surface area contributed by atoms with Crippen LogP contribution in [0.25, 0.3) is 0 Å². The minimum Gasteiger partial charge on any atom is -0.496 e. The Hall–Kier alpha value is -1.02. The van der Waals surface area contributed by atoms with E-state index in [1.807, 2.05) is 6.92 Å². The van der Waals surface area contributed by atoms with Gasteiger partial charge in [0.1, 0.15) is 5.75 Å². The molecule has 0 saturated carbocycles.